The normalized spacial score (nSPS) is 12.8. The van der Waals surface area contributed by atoms with Gasteiger partial charge in [0.05, 0.1) is 18.3 Å². The van der Waals surface area contributed by atoms with Crippen LogP contribution in [0.5, 0.6) is 0 Å². The van der Waals surface area contributed by atoms with Gasteiger partial charge in [0.1, 0.15) is 5.01 Å². The van der Waals surface area contributed by atoms with E-state index in [1.807, 2.05) is 35.3 Å². The van der Waals surface area contributed by atoms with E-state index in [1.165, 1.54) is 10.4 Å². The molecule has 2 N–H and O–H groups in total. The van der Waals surface area contributed by atoms with Crippen molar-refractivity contribution in [1.29, 1.82) is 0 Å². The Morgan fingerprint density at radius 2 is 2.23 bits per heavy atom. The van der Waals surface area contributed by atoms with Crippen LogP contribution in [0.15, 0.2) is 53.9 Å². The van der Waals surface area contributed by atoms with Crippen LogP contribution in [-0.4, -0.2) is 27.3 Å². The number of thiazole rings is 1. The van der Waals surface area contributed by atoms with Crippen molar-refractivity contribution in [3.05, 3.63) is 64.4 Å². The van der Waals surface area contributed by atoms with E-state index >= 15 is 0 Å². The second-order valence-corrected chi connectivity index (χ2v) is 7.29. The number of hydrogen-bond acceptors (Lipinski definition) is 4. The number of benzene rings is 1. The first-order valence-electron chi connectivity index (χ1n) is 8.72. The van der Waals surface area contributed by atoms with Crippen LogP contribution in [0.4, 0.5) is 0 Å². The molecule has 0 aliphatic heterocycles. The Morgan fingerprint density at radius 1 is 1.35 bits per heavy atom. The second kappa shape index (κ2) is 8.62. The Morgan fingerprint density at radius 3 is 2.92 bits per heavy atom. The lowest BCUT2D eigenvalue weighted by atomic mass is 10.1. The van der Waals surface area contributed by atoms with Crippen molar-refractivity contribution in [2.75, 3.05) is 6.54 Å². The molecule has 2 aromatic heterocycles. The fourth-order valence-electron chi connectivity index (χ4n) is 2.59. The van der Waals surface area contributed by atoms with Gasteiger partial charge in [0.2, 0.25) is 0 Å². The van der Waals surface area contributed by atoms with Crippen molar-refractivity contribution in [3.63, 3.8) is 0 Å². The van der Waals surface area contributed by atoms with Gasteiger partial charge in [-0.3, -0.25) is 0 Å². The molecule has 3 rings (SSSR count). The van der Waals surface area contributed by atoms with E-state index in [-0.39, 0.29) is 6.04 Å². The van der Waals surface area contributed by atoms with E-state index in [4.69, 9.17) is 0 Å². The van der Waals surface area contributed by atoms with Crippen molar-refractivity contribution in [3.8, 4) is 5.69 Å². The van der Waals surface area contributed by atoms with Gasteiger partial charge < -0.3 is 10.6 Å². The van der Waals surface area contributed by atoms with Crippen molar-refractivity contribution in [1.82, 2.24) is 25.4 Å². The van der Waals surface area contributed by atoms with E-state index in [2.05, 4.69) is 58.6 Å². The molecule has 7 heteroatoms. The zero-order chi connectivity index (χ0) is 18.4. The predicted molar refractivity (Wildman–Crippen MR) is 107 cm³/mol. The molecule has 0 aliphatic carbocycles. The molecule has 2 heterocycles. The Labute approximate surface area is 158 Å². The Balaban J connectivity index is 1.71. The van der Waals surface area contributed by atoms with Crippen molar-refractivity contribution in [2.24, 2.45) is 4.99 Å². The molecule has 0 radical (unpaired) electrons. The quantitative estimate of drug-likeness (QED) is 0.516. The number of hydrogen-bond donors (Lipinski definition) is 2. The van der Waals surface area contributed by atoms with Crippen LogP contribution in [0.1, 0.15) is 35.3 Å². The minimum atomic E-state index is 0.112. The molecular formula is C19H24N6S. The van der Waals surface area contributed by atoms with Crippen LogP contribution < -0.4 is 10.6 Å². The van der Waals surface area contributed by atoms with Crippen LogP contribution in [0.2, 0.25) is 0 Å². The summed E-state index contributed by atoms with van der Waals surface area (Å²) in [4.78, 5) is 10.2. The molecule has 0 saturated heterocycles. The Kier molecular flexibility index (Phi) is 6.01. The molecule has 0 spiro atoms. The molecule has 0 amide bonds. The Hall–Kier alpha value is -2.67. The summed E-state index contributed by atoms with van der Waals surface area (Å²) in [6, 6.07) is 10.4. The number of nitrogens with one attached hydrogen (secondary N) is 2. The van der Waals surface area contributed by atoms with E-state index in [0.717, 1.165) is 23.2 Å². The summed E-state index contributed by atoms with van der Waals surface area (Å²) in [6.45, 7) is 7.63. The van der Waals surface area contributed by atoms with Gasteiger partial charge in [-0.1, -0.05) is 12.1 Å². The lowest BCUT2D eigenvalue weighted by Crippen LogP contribution is -2.38. The summed E-state index contributed by atoms with van der Waals surface area (Å²) in [5.41, 5.74) is 2.22. The van der Waals surface area contributed by atoms with Gasteiger partial charge in [0.15, 0.2) is 5.96 Å². The number of aliphatic imine (C=N–C) groups is 1. The summed E-state index contributed by atoms with van der Waals surface area (Å²) in [6.07, 6.45) is 5.61. The highest BCUT2D eigenvalue weighted by Gasteiger charge is 2.09. The van der Waals surface area contributed by atoms with Gasteiger partial charge in [0, 0.05) is 30.0 Å². The zero-order valence-corrected chi connectivity index (χ0v) is 16.1. The minimum Gasteiger partial charge on any atom is -0.357 e. The van der Waals surface area contributed by atoms with Crippen molar-refractivity contribution >= 4 is 17.3 Å². The van der Waals surface area contributed by atoms with Crippen LogP contribution in [0.25, 0.3) is 5.69 Å². The molecule has 26 heavy (non-hydrogen) atoms. The molecule has 1 aromatic carbocycles. The summed E-state index contributed by atoms with van der Waals surface area (Å²) in [5, 5.41) is 12.1. The first-order valence-corrected chi connectivity index (χ1v) is 9.53. The van der Waals surface area contributed by atoms with Gasteiger partial charge >= 0.3 is 0 Å². The number of aromatic nitrogens is 3. The van der Waals surface area contributed by atoms with E-state index in [9.17, 15) is 0 Å². The van der Waals surface area contributed by atoms with Gasteiger partial charge in [-0.2, -0.15) is 5.10 Å². The van der Waals surface area contributed by atoms with Gasteiger partial charge in [-0.05, 0) is 44.5 Å². The van der Waals surface area contributed by atoms with Crippen LogP contribution in [-0.2, 0) is 6.54 Å². The zero-order valence-electron chi connectivity index (χ0n) is 15.3. The largest absolute Gasteiger partial charge is 0.357 e. The third-order valence-electron chi connectivity index (χ3n) is 3.88. The van der Waals surface area contributed by atoms with E-state index in [1.54, 1.807) is 17.5 Å². The number of guanidine groups is 1. The predicted octanol–water partition coefficient (Wildman–Crippen LogP) is 3.45. The molecule has 1 unspecified atom stereocenters. The molecule has 6 nitrogen and oxygen atoms in total. The van der Waals surface area contributed by atoms with E-state index < -0.39 is 0 Å². The maximum Gasteiger partial charge on any atom is 0.192 e. The van der Waals surface area contributed by atoms with Crippen LogP contribution in [0, 0.1) is 6.92 Å². The van der Waals surface area contributed by atoms with Gasteiger partial charge in [0.25, 0.3) is 0 Å². The van der Waals surface area contributed by atoms with Gasteiger partial charge in [-0.25, -0.2) is 14.7 Å². The molecule has 0 saturated carbocycles. The number of aryl methyl sites for hydroxylation is 1. The molecule has 1 atom stereocenters. The fraction of sp³-hybridized carbons (Fsp3) is 0.316. The lowest BCUT2D eigenvalue weighted by Gasteiger charge is -2.18. The van der Waals surface area contributed by atoms with Crippen LogP contribution >= 0.6 is 11.3 Å². The van der Waals surface area contributed by atoms with E-state index in [0.29, 0.717) is 6.54 Å². The monoisotopic (exact) mass is 368 g/mol. The van der Waals surface area contributed by atoms with Crippen LogP contribution in [0.3, 0.4) is 0 Å². The second-order valence-electron chi connectivity index (χ2n) is 5.97. The van der Waals surface area contributed by atoms with Crippen molar-refractivity contribution < 1.29 is 0 Å². The topological polar surface area (TPSA) is 67.1 Å². The summed E-state index contributed by atoms with van der Waals surface area (Å²) < 4.78 is 1.86. The molecule has 0 aliphatic rings. The molecule has 0 bridgehead atoms. The smallest absolute Gasteiger partial charge is 0.192 e. The summed E-state index contributed by atoms with van der Waals surface area (Å²) in [5.74, 6) is 0.789. The van der Waals surface area contributed by atoms with Crippen molar-refractivity contribution in [2.45, 2.75) is 33.4 Å². The third kappa shape index (κ3) is 4.70. The highest BCUT2D eigenvalue weighted by molar-refractivity contribution is 7.11. The number of nitrogens with zero attached hydrogens (tertiary/aromatic N) is 4. The van der Waals surface area contributed by atoms with Gasteiger partial charge in [-0.15, -0.1) is 11.3 Å². The molecule has 0 fully saturated rings. The standard InChI is InChI=1S/C19H24N6S/c1-4-20-19(22-13-18-21-12-14(2)26-18)24-15(3)16-7-5-8-17(11-16)25-10-6-9-23-25/h5-12,15H,4,13H2,1-3H3,(H2,20,22,24). The lowest BCUT2D eigenvalue weighted by molar-refractivity contribution is 0.685. The molecule has 136 valence electrons. The molecular weight excluding hydrogens is 344 g/mol. The highest BCUT2D eigenvalue weighted by atomic mass is 32.1. The highest BCUT2D eigenvalue weighted by Crippen LogP contribution is 2.17. The fourth-order valence-corrected chi connectivity index (χ4v) is 3.30. The third-order valence-corrected chi connectivity index (χ3v) is 4.78. The maximum atomic E-state index is 4.66. The first kappa shape index (κ1) is 18.1. The average Bonchev–Trinajstić information content (AvgIpc) is 3.32. The maximum absolute atomic E-state index is 4.66. The number of rotatable bonds is 6. The SMILES string of the molecule is CCNC(=NCc1ncc(C)s1)NC(C)c1cccc(-n2cccn2)c1. The first-order chi connectivity index (χ1) is 12.7. The summed E-state index contributed by atoms with van der Waals surface area (Å²) >= 11 is 1.68. The molecule has 3 aromatic rings. The summed E-state index contributed by atoms with van der Waals surface area (Å²) in [7, 11) is 0. The average molecular weight is 369 g/mol. The Bertz CT molecular complexity index is 853. The minimum absolute atomic E-state index is 0.112.